The molecule has 174 valence electrons. The van der Waals surface area contributed by atoms with Crippen LogP contribution in [0, 0.1) is 13.8 Å². The minimum Gasteiger partial charge on any atom is -0.493 e. The lowest BCUT2D eigenvalue weighted by Gasteiger charge is -2.16. The van der Waals surface area contributed by atoms with Crippen LogP contribution in [0.2, 0.25) is 0 Å². The van der Waals surface area contributed by atoms with E-state index in [1.165, 1.54) is 5.56 Å². The van der Waals surface area contributed by atoms with Gasteiger partial charge in [0, 0.05) is 12.6 Å². The molecular formula is C29H31N3O2. The average molecular weight is 454 g/mol. The Morgan fingerprint density at radius 3 is 2.62 bits per heavy atom. The first-order valence-electron chi connectivity index (χ1n) is 11.7. The second-order valence-corrected chi connectivity index (χ2v) is 8.56. The van der Waals surface area contributed by atoms with E-state index in [0.717, 1.165) is 46.7 Å². The zero-order valence-corrected chi connectivity index (χ0v) is 20.0. The molecule has 1 heterocycles. The molecule has 0 aliphatic rings. The molecule has 0 aliphatic heterocycles. The Morgan fingerprint density at radius 2 is 1.82 bits per heavy atom. The largest absolute Gasteiger partial charge is 0.493 e. The van der Waals surface area contributed by atoms with Gasteiger partial charge in [-0.3, -0.25) is 4.79 Å². The lowest BCUT2D eigenvalue weighted by molar-refractivity contribution is -0.117. The van der Waals surface area contributed by atoms with Crippen LogP contribution in [0.15, 0.2) is 78.9 Å². The highest BCUT2D eigenvalue weighted by molar-refractivity contribution is 5.92. The Hall–Kier alpha value is -3.86. The highest BCUT2D eigenvalue weighted by atomic mass is 16.5. The number of para-hydroxylation sites is 2. The van der Waals surface area contributed by atoms with Crippen molar-refractivity contribution >= 4 is 23.0 Å². The second-order valence-electron chi connectivity index (χ2n) is 8.56. The Bertz CT molecular complexity index is 1290. The quantitative estimate of drug-likeness (QED) is 0.249. The van der Waals surface area contributed by atoms with Gasteiger partial charge in [0.1, 0.15) is 11.6 Å². The third-order valence-electron chi connectivity index (χ3n) is 5.77. The summed E-state index contributed by atoms with van der Waals surface area (Å²) in [6, 6.07) is 23.9. The number of amides is 1. The van der Waals surface area contributed by atoms with Crippen molar-refractivity contribution in [1.82, 2.24) is 14.9 Å². The van der Waals surface area contributed by atoms with Crippen molar-refractivity contribution in [3.05, 3.63) is 101 Å². The van der Waals surface area contributed by atoms with E-state index < -0.39 is 0 Å². The van der Waals surface area contributed by atoms with E-state index in [2.05, 4.69) is 41.9 Å². The van der Waals surface area contributed by atoms with Gasteiger partial charge in [-0.25, -0.2) is 4.98 Å². The molecule has 3 aromatic carbocycles. The summed E-state index contributed by atoms with van der Waals surface area (Å²) in [4.78, 5) is 17.4. The number of ether oxygens (including phenoxy) is 1. The molecule has 0 radical (unpaired) electrons. The summed E-state index contributed by atoms with van der Waals surface area (Å²) in [6.45, 7) is 7.48. The molecule has 4 rings (SSSR count). The van der Waals surface area contributed by atoms with Crippen LogP contribution in [0.5, 0.6) is 5.75 Å². The zero-order chi connectivity index (χ0) is 23.9. The van der Waals surface area contributed by atoms with Gasteiger partial charge in [-0.15, -0.1) is 0 Å². The third-order valence-corrected chi connectivity index (χ3v) is 5.77. The standard InChI is InChI=1S/C29H31N3O2/c1-21-14-16-27(22(2)20-21)34-19-9-18-32-26-13-8-7-12-25(26)31-29(32)23(3)30-28(33)17-15-24-10-5-4-6-11-24/h4-8,10-17,20,23H,9,18-19H2,1-3H3,(H,30,33)/b17-15-. The SMILES string of the molecule is Cc1ccc(OCCCn2c(C(C)NC(=O)/C=C\c3ccccc3)nc3ccccc32)c(C)c1. The highest BCUT2D eigenvalue weighted by Crippen LogP contribution is 2.22. The predicted octanol–water partition coefficient (Wildman–Crippen LogP) is 6.01. The average Bonchev–Trinajstić information content (AvgIpc) is 3.21. The smallest absolute Gasteiger partial charge is 0.244 e. The maximum absolute atomic E-state index is 12.5. The minimum atomic E-state index is -0.236. The van der Waals surface area contributed by atoms with Gasteiger partial charge in [-0.05, 0) is 62.6 Å². The van der Waals surface area contributed by atoms with Crippen LogP contribution >= 0.6 is 0 Å². The molecule has 1 atom stereocenters. The number of nitrogens with zero attached hydrogens (tertiary/aromatic N) is 2. The predicted molar refractivity (Wildman–Crippen MR) is 138 cm³/mol. The molecule has 5 nitrogen and oxygen atoms in total. The number of fused-ring (bicyclic) bond motifs is 1. The fourth-order valence-electron chi connectivity index (χ4n) is 4.09. The van der Waals surface area contributed by atoms with Gasteiger partial charge < -0.3 is 14.6 Å². The van der Waals surface area contributed by atoms with E-state index in [0.29, 0.717) is 6.61 Å². The first-order valence-corrected chi connectivity index (χ1v) is 11.7. The van der Waals surface area contributed by atoms with Crippen LogP contribution in [-0.2, 0) is 11.3 Å². The highest BCUT2D eigenvalue weighted by Gasteiger charge is 2.17. The molecule has 0 fully saturated rings. The lowest BCUT2D eigenvalue weighted by Crippen LogP contribution is -2.27. The van der Waals surface area contributed by atoms with Crippen LogP contribution in [0.25, 0.3) is 17.1 Å². The Morgan fingerprint density at radius 1 is 1.06 bits per heavy atom. The fraction of sp³-hybridized carbons (Fsp3) is 0.241. The molecule has 4 aromatic rings. The van der Waals surface area contributed by atoms with Crippen molar-refractivity contribution in [3.8, 4) is 5.75 Å². The summed E-state index contributed by atoms with van der Waals surface area (Å²) in [6.07, 6.45) is 4.21. The summed E-state index contributed by atoms with van der Waals surface area (Å²) < 4.78 is 8.22. The molecule has 0 bridgehead atoms. The normalized spacial score (nSPS) is 12.2. The van der Waals surface area contributed by atoms with Gasteiger partial charge in [0.25, 0.3) is 0 Å². The van der Waals surface area contributed by atoms with Crippen LogP contribution in [0.4, 0.5) is 0 Å². The Balaban J connectivity index is 1.43. The van der Waals surface area contributed by atoms with Crippen LogP contribution in [-0.4, -0.2) is 22.1 Å². The first-order chi connectivity index (χ1) is 16.5. The monoisotopic (exact) mass is 453 g/mol. The number of aromatic nitrogens is 2. The number of carbonyl (C=O) groups excluding carboxylic acids is 1. The number of aryl methyl sites for hydroxylation is 3. The molecule has 0 saturated carbocycles. The van der Waals surface area contributed by atoms with Crippen LogP contribution in [0.3, 0.4) is 0 Å². The number of rotatable bonds is 9. The van der Waals surface area contributed by atoms with Crippen molar-refractivity contribution < 1.29 is 9.53 Å². The fourth-order valence-corrected chi connectivity index (χ4v) is 4.09. The molecule has 0 saturated heterocycles. The van der Waals surface area contributed by atoms with Gasteiger partial charge in [0.2, 0.25) is 5.91 Å². The molecule has 1 unspecified atom stereocenters. The molecule has 1 amide bonds. The number of hydrogen-bond acceptors (Lipinski definition) is 3. The van der Waals surface area contributed by atoms with E-state index in [9.17, 15) is 4.79 Å². The maximum atomic E-state index is 12.5. The van der Waals surface area contributed by atoms with Crippen molar-refractivity contribution in [2.75, 3.05) is 6.61 Å². The summed E-state index contributed by atoms with van der Waals surface area (Å²) in [7, 11) is 0. The molecule has 34 heavy (non-hydrogen) atoms. The summed E-state index contributed by atoms with van der Waals surface area (Å²) >= 11 is 0. The third kappa shape index (κ3) is 5.73. The topological polar surface area (TPSA) is 56.1 Å². The molecular weight excluding hydrogens is 422 g/mol. The van der Waals surface area contributed by atoms with Crippen molar-refractivity contribution in [1.29, 1.82) is 0 Å². The van der Waals surface area contributed by atoms with Crippen molar-refractivity contribution in [3.63, 3.8) is 0 Å². The Kier molecular flexibility index (Phi) is 7.43. The van der Waals surface area contributed by atoms with Gasteiger partial charge >= 0.3 is 0 Å². The van der Waals surface area contributed by atoms with E-state index in [1.54, 1.807) is 6.08 Å². The molecule has 5 heteroatoms. The minimum absolute atomic E-state index is 0.145. The molecule has 0 aliphatic carbocycles. The van der Waals surface area contributed by atoms with E-state index in [4.69, 9.17) is 9.72 Å². The molecule has 1 aromatic heterocycles. The lowest BCUT2D eigenvalue weighted by atomic mass is 10.1. The zero-order valence-electron chi connectivity index (χ0n) is 20.0. The number of imidazole rings is 1. The Labute approximate surface area is 201 Å². The van der Waals surface area contributed by atoms with Gasteiger partial charge in [-0.1, -0.05) is 60.2 Å². The van der Waals surface area contributed by atoms with E-state index >= 15 is 0 Å². The molecule has 0 spiro atoms. The van der Waals surface area contributed by atoms with E-state index in [1.807, 2.05) is 67.6 Å². The van der Waals surface area contributed by atoms with Gasteiger partial charge in [0.15, 0.2) is 0 Å². The van der Waals surface area contributed by atoms with E-state index in [-0.39, 0.29) is 11.9 Å². The summed E-state index contributed by atoms with van der Waals surface area (Å²) in [5.74, 6) is 1.62. The van der Waals surface area contributed by atoms with Crippen LogP contribution < -0.4 is 10.1 Å². The number of nitrogens with one attached hydrogen (secondary N) is 1. The summed E-state index contributed by atoms with van der Waals surface area (Å²) in [5.41, 5.74) is 5.35. The van der Waals surface area contributed by atoms with Gasteiger partial charge in [-0.2, -0.15) is 0 Å². The van der Waals surface area contributed by atoms with Crippen molar-refractivity contribution in [2.45, 2.75) is 39.8 Å². The van der Waals surface area contributed by atoms with Crippen molar-refractivity contribution in [2.24, 2.45) is 0 Å². The van der Waals surface area contributed by atoms with Crippen LogP contribution in [0.1, 0.15) is 41.9 Å². The first kappa shape index (κ1) is 23.3. The van der Waals surface area contributed by atoms with Gasteiger partial charge in [0.05, 0.1) is 23.7 Å². The number of benzene rings is 3. The number of hydrogen-bond donors (Lipinski definition) is 1. The number of carbonyl (C=O) groups is 1. The summed E-state index contributed by atoms with van der Waals surface area (Å²) in [5, 5.41) is 3.06. The maximum Gasteiger partial charge on any atom is 0.244 e. The molecule has 1 N–H and O–H groups in total. The second kappa shape index (κ2) is 10.8.